The minimum Gasteiger partial charge on any atom is -0.273 e. The number of aryl methyl sites for hydroxylation is 3. The van der Waals surface area contributed by atoms with Crippen LogP contribution in [0.1, 0.15) is 17.1 Å². The van der Waals surface area contributed by atoms with Crippen LogP contribution in [-0.2, 0) is 0 Å². The predicted molar refractivity (Wildman–Crippen MR) is 90.7 cm³/mol. The molecule has 4 aromatic rings. The summed E-state index contributed by atoms with van der Waals surface area (Å²) in [5, 5.41) is 0.568. The summed E-state index contributed by atoms with van der Waals surface area (Å²) < 4.78 is 2.02. The summed E-state index contributed by atoms with van der Waals surface area (Å²) in [5.74, 6) is 0.754. The number of hydrogen-bond donors (Lipinski definition) is 0. The highest BCUT2D eigenvalue weighted by atomic mass is 35.5. The Labute approximate surface area is 138 Å². The van der Waals surface area contributed by atoms with Gasteiger partial charge in [-0.3, -0.25) is 9.38 Å². The van der Waals surface area contributed by atoms with Gasteiger partial charge in [0, 0.05) is 23.1 Å². The third kappa shape index (κ3) is 2.16. The van der Waals surface area contributed by atoms with Crippen LogP contribution in [0.25, 0.3) is 28.1 Å². The molecule has 0 amide bonds. The second-order valence-electron chi connectivity index (χ2n) is 5.60. The van der Waals surface area contributed by atoms with E-state index in [2.05, 4.69) is 19.9 Å². The molecule has 0 bridgehead atoms. The topological polar surface area (TPSA) is 56.0 Å². The Morgan fingerprint density at radius 3 is 2.61 bits per heavy atom. The van der Waals surface area contributed by atoms with Crippen LogP contribution in [0.3, 0.4) is 0 Å². The van der Waals surface area contributed by atoms with E-state index in [0.717, 1.165) is 45.2 Å². The Morgan fingerprint density at radius 1 is 0.957 bits per heavy atom. The zero-order valence-electron chi connectivity index (χ0n) is 13.0. The third-order valence-electron chi connectivity index (χ3n) is 3.86. The zero-order chi connectivity index (χ0) is 16.1. The van der Waals surface area contributed by atoms with Gasteiger partial charge in [-0.25, -0.2) is 15.0 Å². The molecule has 5 nitrogen and oxygen atoms in total. The van der Waals surface area contributed by atoms with E-state index in [-0.39, 0.29) is 0 Å². The maximum atomic E-state index is 6.36. The molecule has 0 radical (unpaired) electrons. The van der Waals surface area contributed by atoms with E-state index < -0.39 is 0 Å². The van der Waals surface area contributed by atoms with E-state index in [1.807, 2.05) is 49.6 Å². The largest absolute Gasteiger partial charge is 0.273 e. The lowest BCUT2D eigenvalue weighted by atomic mass is 10.2. The maximum Gasteiger partial charge on any atom is 0.165 e. The minimum absolute atomic E-state index is 0.568. The maximum absolute atomic E-state index is 6.36. The van der Waals surface area contributed by atoms with Crippen molar-refractivity contribution >= 4 is 28.3 Å². The molecule has 6 heteroatoms. The number of hydrogen-bond acceptors (Lipinski definition) is 4. The molecular weight excluding hydrogens is 310 g/mol. The molecule has 114 valence electrons. The van der Waals surface area contributed by atoms with Crippen LogP contribution in [0, 0.1) is 20.8 Å². The van der Waals surface area contributed by atoms with E-state index in [9.17, 15) is 0 Å². The molecule has 0 aliphatic heterocycles. The van der Waals surface area contributed by atoms with E-state index >= 15 is 0 Å². The number of pyridine rings is 2. The SMILES string of the molecule is Cc1cc(-c2ncc3c(C)nc4ccc(C)nc4n23)c(Cl)cn1. The fourth-order valence-corrected chi connectivity index (χ4v) is 2.94. The summed E-state index contributed by atoms with van der Waals surface area (Å²) in [5.41, 5.74) is 6.11. The quantitative estimate of drug-likeness (QED) is 0.533. The van der Waals surface area contributed by atoms with Crippen LogP contribution in [0.2, 0.25) is 5.02 Å². The summed E-state index contributed by atoms with van der Waals surface area (Å²) in [7, 11) is 0. The molecule has 0 unspecified atom stereocenters. The average Bonchev–Trinajstić information content (AvgIpc) is 2.96. The van der Waals surface area contributed by atoms with Gasteiger partial charge in [-0.2, -0.15) is 0 Å². The number of nitrogens with zero attached hydrogens (tertiary/aromatic N) is 5. The highest BCUT2D eigenvalue weighted by Crippen LogP contribution is 2.30. The van der Waals surface area contributed by atoms with Crippen molar-refractivity contribution in [3.05, 3.63) is 52.7 Å². The molecular formula is C17H14ClN5. The van der Waals surface area contributed by atoms with Crippen molar-refractivity contribution in [2.45, 2.75) is 20.8 Å². The lowest BCUT2D eigenvalue weighted by Crippen LogP contribution is -2.00. The number of halogens is 1. The Hall–Kier alpha value is -2.53. The van der Waals surface area contributed by atoms with Crippen molar-refractivity contribution in [3.8, 4) is 11.4 Å². The molecule has 0 aromatic carbocycles. The molecule has 4 aromatic heterocycles. The van der Waals surface area contributed by atoms with Crippen molar-refractivity contribution in [1.29, 1.82) is 0 Å². The van der Waals surface area contributed by atoms with Gasteiger partial charge in [-0.15, -0.1) is 0 Å². The molecule has 0 saturated heterocycles. The van der Waals surface area contributed by atoms with Gasteiger partial charge < -0.3 is 0 Å². The Kier molecular flexibility index (Phi) is 3.06. The zero-order valence-corrected chi connectivity index (χ0v) is 13.8. The van der Waals surface area contributed by atoms with Crippen LogP contribution in [0.4, 0.5) is 0 Å². The van der Waals surface area contributed by atoms with Gasteiger partial charge in [0.2, 0.25) is 0 Å². The van der Waals surface area contributed by atoms with Crippen LogP contribution in [0.5, 0.6) is 0 Å². The van der Waals surface area contributed by atoms with E-state index in [0.29, 0.717) is 5.02 Å². The van der Waals surface area contributed by atoms with Gasteiger partial charge in [0.1, 0.15) is 11.3 Å². The summed E-state index contributed by atoms with van der Waals surface area (Å²) in [6.45, 7) is 5.87. The standard InChI is InChI=1S/C17H14ClN5/c1-9-4-5-14-17(21-9)23-15(11(3)22-14)8-20-16(23)12-6-10(2)19-7-13(12)18/h4-8H,1-3H3. The van der Waals surface area contributed by atoms with Crippen molar-refractivity contribution in [3.63, 3.8) is 0 Å². The monoisotopic (exact) mass is 323 g/mol. The van der Waals surface area contributed by atoms with Crippen LogP contribution < -0.4 is 0 Å². The molecule has 0 fully saturated rings. The number of rotatable bonds is 1. The van der Waals surface area contributed by atoms with Crippen molar-refractivity contribution in [1.82, 2.24) is 24.3 Å². The average molecular weight is 324 g/mol. The Morgan fingerprint density at radius 2 is 1.78 bits per heavy atom. The van der Waals surface area contributed by atoms with Crippen LogP contribution in [0.15, 0.2) is 30.6 Å². The van der Waals surface area contributed by atoms with Crippen LogP contribution >= 0.6 is 11.6 Å². The first-order valence-electron chi connectivity index (χ1n) is 7.28. The van der Waals surface area contributed by atoms with E-state index in [1.54, 1.807) is 6.20 Å². The molecule has 0 aliphatic carbocycles. The number of aromatic nitrogens is 5. The van der Waals surface area contributed by atoms with Crippen molar-refractivity contribution < 1.29 is 0 Å². The number of fused-ring (bicyclic) bond motifs is 3. The minimum atomic E-state index is 0.568. The fraction of sp³-hybridized carbons (Fsp3) is 0.176. The Balaban J connectivity index is 2.18. The third-order valence-corrected chi connectivity index (χ3v) is 4.16. The summed E-state index contributed by atoms with van der Waals surface area (Å²) in [6, 6.07) is 5.88. The van der Waals surface area contributed by atoms with Gasteiger partial charge in [-0.1, -0.05) is 11.6 Å². The molecule has 23 heavy (non-hydrogen) atoms. The highest BCUT2D eigenvalue weighted by Gasteiger charge is 2.16. The first-order chi connectivity index (χ1) is 11.0. The normalized spacial score (nSPS) is 11.5. The van der Waals surface area contributed by atoms with Crippen molar-refractivity contribution in [2.75, 3.05) is 0 Å². The molecule has 0 atom stereocenters. The smallest absolute Gasteiger partial charge is 0.165 e. The highest BCUT2D eigenvalue weighted by molar-refractivity contribution is 6.33. The van der Waals surface area contributed by atoms with Crippen LogP contribution in [-0.4, -0.2) is 24.3 Å². The second-order valence-corrected chi connectivity index (χ2v) is 6.01. The molecule has 4 heterocycles. The molecule has 0 aliphatic rings. The van der Waals surface area contributed by atoms with Gasteiger partial charge in [0.15, 0.2) is 5.65 Å². The predicted octanol–water partition coefficient (Wildman–Crippen LogP) is 3.92. The van der Waals surface area contributed by atoms with Gasteiger partial charge in [0.05, 0.1) is 22.4 Å². The first kappa shape index (κ1) is 14.1. The number of imidazole rings is 1. The molecule has 0 saturated carbocycles. The molecule has 0 spiro atoms. The lowest BCUT2D eigenvalue weighted by molar-refractivity contribution is 1.09. The Bertz CT molecular complexity index is 1070. The van der Waals surface area contributed by atoms with E-state index in [4.69, 9.17) is 11.6 Å². The second kappa shape index (κ2) is 4.99. The van der Waals surface area contributed by atoms with Gasteiger partial charge >= 0.3 is 0 Å². The van der Waals surface area contributed by atoms with Gasteiger partial charge in [0.25, 0.3) is 0 Å². The first-order valence-corrected chi connectivity index (χ1v) is 7.66. The lowest BCUT2D eigenvalue weighted by Gasteiger charge is -2.09. The van der Waals surface area contributed by atoms with Crippen molar-refractivity contribution in [2.24, 2.45) is 0 Å². The van der Waals surface area contributed by atoms with E-state index in [1.165, 1.54) is 0 Å². The van der Waals surface area contributed by atoms with Gasteiger partial charge in [-0.05, 0) is 39.0 Å². The fourth-order valence-electron chi connectivity index (χ4n) is 2.75. The molecule has 0 N–H and O–H groups in total. The summed E-state index contributed by atoms with van der Waals surface area (Å²) >= 11 is 6.36. The summed E-state index contributed by atoms with van der Waals surface area (Å²) in [6.07, 6.45) is 3.47. The molecule has 4 rings (SSSR count). The summed E-state index contributed by atoms with van der Waals surface area (Å²) in [4.78, 5) is 18.1.